The van der Waals surface area contributed by atoms with Crippen LogP contribution in [0, 0.1) is 0 Å². The second kappa shape index (κ2) is 8.38. The SMILES string of the molecule is C[C@H]1CCC(Nc2ncc(C(F)(F)F)c(-c3c[nH]c4nc(C(=O)N(C)C)ccc34)n2)CN1. The Bertz CT molecular complexity index is 1130. The minimum Gasteiger partial charge on any atom is -0.350 e. The van der Waals surface area contributed by atoms with Crippen LogP contribution in [0.25, 0.3) is 22.3 Å². The van der Waals surface area contributed by atoms with Gasteiger partial charge >= 0.3 is 6.18 Å². The molecule has 32 heavy (non-hydrogen) atoms. The lowest BCUT2D eigenvalue weighted by Gasteiger charge is -2.28. The standard InChI is InChI=1S/C21H24F3N7O/c1-11-4-5-12(8-25-11)28-20-27-10-15(21(22,23)24)17(30-20)14-9-26-18-13(14)6-7-16(29-18)19(32)31(2)3/h6-7,9-12,25H,4-5,8H2,1-3H3,(H,26,29)(H,27,28,30)/t11-,12?/m0/s1. The van der Waals surface area contributed by atoms with Gasteiger partial charge in [0.25, 0.3) is 5.91 Å². The van der Waals surface area contributed by atoms with Crippen LogP contribution < -0.4 is 10.6 Å². The van der Waals surface area contributed by atoms with Crippen molar-refractivity contribution < 1.29 is 18.0 Å². The third-order valence-corrected chi connectivity index (χ3v) is 5.51. The van der Waals surface area contributed by atoms with E-state index in [0.29, 0.717) is 23.6 Å². The van der Waals surface area contributed by atoms with Crippen molar-refractivity contribution in [3.63, 3.8) is 0 Å². The zero-order valence-electron chi connectivity index (χ0n) is 17.9. The van der Waals surface area contributed by atoms with Crippen molar-refractivity contribution in [2.45, 2.75) is 38.0 Å². The summed E-state index contributed by atoms with van der Waals surface area (Å²) in [5.41, 5.74) is -0.445. The molecule has 11 heteroatoms. The van der Waals surface area contributed by atoms with Gasteiger partial charge in [0.2, 0.25) is 5.95 Å². The van der Waals surface area contributed by atoms with Crippen molar-refractivity contribution in [2.24, 2.45) is 0 Å². The lowest BCUT2D eigenvalue weighted by Crippen LogP contribution is -2.43. The highest BCUT2D eigenvalue weighted by molar-refractivity contribution is 5.98. The molecule has 1 unspecified atom stereocenters. The van der Waals surface area contributed by atoms with Gasteiger partial charge in [0.1, 0.15) is 16.9 Å². The number of aromatic nitrogens is 4. The number of halogens is 3. The number of piperidine rings is 1. The fourth-order valence-electron chi connectivity index (χ4n) is 3.72. The first-order valence-corrected chi connectivity index (χ1v) is 10.3. The predicted molar refractivity (Wildman–Crippen MR) is 114 cm³/mol. The van der Waals surface area contributed by atoms with E-state index in [9.17, 15) is 18.0 Å². The summed E-state index contributed by atoms with van der Waals surface area (Å²) < 4.78 is 41.2. The highest BCUT2D eigenvalue weighted by Gasteiger charge is 2.36. The average Bonchev–Trinajstić information content (AvgIpc) is 3.17. The number of rotatable bonds is 4. The molecule has 0 saturated carbocycles. The van der Waals surface area contributed by atoms with Crippen molar-refractivity contribution in [3.8, 4) is 11.3 Å². The molecule has 1 saturated heterocycles. The lowest BCUT2D eigenvalue weighted by molar-refractivity contribution is -0.137. The van der Waals surface area contributed by atoms with Gasteiger partial charge in [0.05, 0.1) is 5.69 Å². The quantitative estimate of drug-likeness (QED) is 0.568. The number of nitrogens with one attached hydrogen (secondary N) is 3. The Morgan fingerprint density at radius 1 is 1.22 bits per heavy atom. The van der Waals surface area contributed by atoms with E-state index in [1.807, 2.05) is 0 Å². The van der Waals surface area contributed by atoms with Gasteiger partial charge in [-0.05, 0) is 31.9 Å². The van der Waals surface area contributed by atoms with Crippen molar-refractivity contribution >= 4 is 22.9 Å². The molecular weight excluding hydrogens is 423 g/mol. The number of fused-ring (bicyclic) bond motifs is 1. The molecular formula is C21H24F3N7O. The van der Waals surface area contributed by atoms with Crippen molar-refractivity contribution in [1.82, 2.24) is 30.2 Å². The third kappa shape index (κ3) is 4.38. The van der Waals surface area contributed by atoms with E-state index in [1.54, 1.807) is 20.2 Å². The first-order valence-electron chi connectivity index (χ1n) is 10.3. The lowest BCUT2D eigenvalue weighted by atomic mass is 10.0. The monoisotopic (exact) mass is 447 g/mol. The molecule has 0 spiro atoms. The second-order valence-electron chi connectivity index (χ2n) is 8.18. The van der Waals surface area contributed by atoms with Crippen LogP contribution in [0.3, 0.4) is 0 Å². The Morgan fingerprint density at radius 2 is 2.00 bits per heavy atom. The fourth-order valence-corrected chi connectivity index (χ4v) is 3.72. The van der Waals surface area contributed by atoms with Gasteiger partial charge < -0.3 is 20.5 Å². The normalized spacial score (nSPS) is 19.2. The molecule has 8 nitrogen and oxygen atoms in total. The van der Waals surface area contributed by atoms with Crippen LogP contribution in [-0.4, -0.2) is 63.5 Å². The molecule has 4 heterocycles. The summed E-state index contributed by atoms with van der Waals surface area (Å²) >= 11 is 0. The first-order chi connectivity index (χ1) is 15.1. The number of carbonyl (C=O) groups excluding carboxylic acids is 1. The summed E-state index contributed by atoms with van der Waals surface area (Å²) in [5.74, 6) is -0.168. The van der Waals surface area contributed by atoms with Gasteiger partial charge in [-0.2, -0.15) is 13.2 Å². The number of aromatic amines is 1. The van der Waals surface area contributed by atoms with Gasteiger partial charge in [-0.1, -0.05) is 0 Å². The number of amides is 1. The minimum absolute atomic E-state index is 0.0278. The van der Waals surface area contributed by atoms with E-state index in [2.05, 4.69) is 37.5 Å². The molecule has 1 aliphatic rings. The number of hydrogen-bond acceptors (Lipinski definition) is 6. The molecule has 4 rings (SSSR count). The molecule has 3 N–H and O–H groups in total. The minimum atomic E-state index is -4.63. The first kappa shape index (κ1) is 22.0. The van der Waals surface area contributed by atoms with Gasteiger partial charge in [-0.3, -0.25) is 4.79 Å². The number of pyridine rings is 1. The van der Waals surface area contributed by atoms with E-state index in [0.717, 1.165) is 19.0 Å². The summed E-state index contributed by atoms with van der Waals surface area (Å²) in [6.07, 6.45) is -0.582. The molecule has 0 aromatic carbocycles. The largest absolute Gasteiger partial charge is 0.419 e. The number of alkyl halides is 3. The highest BCUT2D eigenvalue weighted by Crippen LogP contribution is 2.38. The van der Waals surface area contributed by atoms with Crippen LogP contribution in [-0.2, 0) is 6.18 Å². The molecule has 3 aromatic rings. The van der Waals surface area contributed by atoms with E-state index < -0.39 is 11.7 Å². The van der Waals surface area contributed by atoms with E-state index >= 15 is 0 Å². The molecule has 1 aliphatic heterocycles. The maximum atomic E-state index is 13.7. The number of anilines is 1. The number of H-pyrrole nitrogens is 1. The topological polar surface area (TPSA) is 98.8 Å². The fraction of sp³-hybridized carbons (Fsp3) is 0.429. The predicted octanol–water partition coefficient (Wildman–Crippen LogP) is 3.29. The molecule has 3 aromatic heterocycles. The Labute approximate surface area is 182 Å². The molecule has 0 bridgehead atoms. The van der Waals surface area contributed by atoms with Crippen LogP contribution >= 0.6 is 0 Å². The maximum Gasteiger partial charge on any atom is 0.419 e. The average molecular weight is 447 g/mol. The van der Waals surface area contributed by atoms with Crippen LogP contribution in [0.15, 0.2) is 24.5 Å². The van der Waals surface area contributed by atoms with Gasteiger partial charge in [0, 0.05) is 56.1 Å². The molecule has 170 valence electrons. The summed E-state index contributed by atoms with van der Waals surface area (Å²) in [5, 5.41) is 6.91. The number of carbonyl (C=O) groups is 1. The Morgan fingerprint density at radius 3 is 2.66 bits per heavy atom. The number of hydrogen-bond donors (Lipinski definition) is 3. The molecule has 1 fully saturated rings. The molecule has 0 radical (unpaired) electrons. The van der Waals surface area contributed by atoms with Crippen LogP contribution in [0.1, 0.15) is 35.8 Å². The van der Waals surface area contributed by atoms with Gasteiger partial charge in [0.15, 0.2) is 0 Å². The van der Waals surface area contributed by atoms with Crippen LogP contribution in [0.4, 0.5) is 19.1 Å². The molecule has 2 atom stereocenters. The van der Waals surface area contributed by atoms with E-state index in [4.69, 9.17) is 0 Å². The second-order valence-corrected chi connectivity index (χ2v) is 8.18. The number of nitrogens with zero attached hydrogens (tertiary/aromatic N) is 4. The Kier molecular flexibility index (Phi) is 5.76. The van der Waals surface area contributed by atoms with Crippen molar-refractivity contribution in [2.75, 3.05) is 26.0 Å². The van der Waals surface area contributed by atoms with Crippen molar-refractivity contribution in [1.29, 1.82) is 0 Å². The Hall–Kier alpha value is -3.21. The smallest absolute Gasteiger partial charge is 0.350 e. The summed E-state index contributed by atoms with van der Waals surface area (Å²) in [6.45, 7) is 2.77. The maximum absolute atomic E-state index is 13.7. The van der Waals surface area contributed by atoms with E-state index in [-0.39, 0.29) is 34.8 Å². The van der Waals surface area contributed by atoms with E-state index in [1.165, 1.54) is 17.2 Å². The zero-order chi connectivity index (χ0) is 23.0. The van der Waals surface area contributed by atoms with Gasteiger partial charge in [-0.15, -0.1) is 0 Å². The Balaban J connectivity index is 1.73. The van der Waals surface area contributed by atoms with Crippen LogP contribution in [0.5, 0.6) is 0 Å². The summed E-state index contributed by atoms with van der Waals surface area (Å²) in [4.78, 5) is 28.8. The molecule has 0 aliphatic carbocycles. The van der Waals surface area contributed by atoms with Crippen molar-refractivity contribution in [3.05, 3.63) is 35.8 Å². The highest BCUT2D eigenvalue weighted by atomic mass is 19.4. The van der Waals surface area contributed by atoms with Crippen LogP contribution in [0.2, 0.25) is 0 Å². The van der Waals surface area contributed by atoms with Gasteiger partial charge in [-0.25, -0.2) is 15.0 Å². The molecule has 1 amide bonds. The third-order valence-electron chi connectivity index (χ3n) is 5.51. The zero-order valence-corrected chi connectivity index (χ0v) is 17.9. The summed E-state index contributed by atoms with van der Waals surface area (Å²) in [6, 6.07) is 3.50. The summed E-state index contributed by atoms with van der Waals surface area (Å²) in [7, 11) is 3.20.